The summed E-state index contributed by atoms with van der Waals surface area (Å²) in [5.74, 6) is 0. The highest BCUT2D eigenvalue weighted by atomic mass is 32.7. The standard InChI is InChI=1S/C26H22P2S4/c29-26(30)25(27(31,21-13-5-1-6-14-21)22-15-7-2-8-16-22)28(32,23-17-9-3-10-18-23)24-19-11-4-12-20-24/h1-20,29-30H. The first-order chi connectivity index (χ1) is 15.5. The van der Waals surface area contributed by atoms with Gasteiger partial charge in [-0.1, -0.05) is 72.8 Å². The normalized spacial score (nSPS) is 11.8. The van der Waals surface area contributed by atoms with Gasteiger partial charge >= 0.3 is 0 Å². The van der Waals surface area contributed by atoms with Gasteiger partial charge in [0, 0.05) is 12.9 Å². The summed E-state index contributed by atoms with van der Waals surface area (Å²) < 4.78 is 0.622. The van der Waals surface area contributed by atoms with Crippen LogP contribution in [0.4, 0.5) is 0 Å². The molecule has 0 radical (unpaired) electrons. The van der Waals surface area contributed by atoms with Crippen LogP contribution in [0.15, 0.2) is 131 Å². The zero-order valence-electron chi connectivity index (χ0n) is 17.2. The Morgan fingerprint density at radius 3 is 0.844 bits per heavy atom. The second-order valence-corrected chi connectivity index (χ2v) is 17.5. The van der Waals surface area contributed by atoms with Crippen LogP contribution in [0.1, 0.15) is 0 Å². The molecule has 0 aliphatic rings. The van der Waals surface area contributed by atoms with Crippen molar-refractivity contribution in [2.24, 2.45) is 0 Å². The van der Waals surface area contributed by atoms with Crippen molar-refractivity contribution < 1.29 is 0 Å². The summed E-state index contributed by atoms with van der Waals surface area (Å²) in [7, 11) is 0. The van der Waals surface area contributed by atoms with Crippen LogP contribution < -0.4 is 21.2 Å². The molecule has 0 atom stereocenters. The molecule has 0 N–H and O–H groups in total. The third-order valence-electron chi connectivity index (χ3n) is 5.28. The Balaban J connectivity index is 2.11. The quantitative estimate of drug-likeness (QED) is 0.174. The monoisotopic (exact) mass is 524 g/mol. The Morgan fingerprint density at radius 2 is 0.656 bits per heavy atom. The van der Waals surface area contributed by atoms with Crippen molar-refractivity contribution >= 4 is 83.9 Å². The molecule has 0 saturated carbocycles. The second kappa shape index (κ2) is 10.4. The molecule has 6 heteroatoms. The molecule has 0 unspecified atom stereocenters. The van der Waals surface area contributed by atoms with E-state index in [2.05, 4.69) is 48.5 Å². The van der Waals surface area contributed by atoms with Crippen molar-refractivity contribution in [1.82, 2.24) is 0 Å². The summed E-state index contributed by atoms with van der Waals surface area (Å²) in [5, 5.41) is 5.38. The van der Waals surface area contributed by atoms with E-state index in [0.29, 0.717) is 4.24 Å². The Hall–Kier alpha value is -1.12. The highest BCUT2D eigenvalue weighted by Gasteiger charge is 2.50. The maximum Gasteiger partial charge on any atom is 0.200 e. The van der Waals surface area contributed by atoms with Crippen molar-refractivity contribution in [3.63, 3.8) is 0 Å². The van der Waals surface area contributed by atoms with Gasteiger partial charge in [0.2, 0.25) is 0 Å². The molecule has 0 heterocycles. The van der Waals surface area contributed by atoms with E-state index in [1.165, 1.54) is 0 Å². The molecule has 0 amide bonds. The summed E-state index contributed by atoms with van der Waals surface area (Å²) in [6, 6.07) is 41.4. The lowest BCUT2D eigenvalue weighted by atomic mass is 10.4. The first-order valence-corrected chi connectivity index (χ1v) is 16.5. The number of thiol groups is 2. The van der Waals surface area contributed by atoms with Crippen molar-refractivity contribution in [3.05, 3.63) is 131 Å². The number of hydrogen-bond donors (Lipinski definition) is 2. The Morgan fingerprint density at radius 1 is 0.438 bits per heavy atom. The summed E-state index contributed by atoms with van der Waals surface area (Å²) in [6.45, 7) is -5.07. The SMILES string of the molecule is [S-][P+](C(=C(S)S)[P+]([S-])(c1ccccc1)c1ccccc1)(c1ccccc1)c1ccccc1. The van der Waals surface area contributed by atoms with E-state index in [-0.39, 0.29) is 0 Å². The molecule has 4 aromatic rings. The molecule has 0 saturated heterocycles. The van der Waals surface area contributed by atoms with Gasteiger partial charge in [0.05, 0.1) is 21.2 Å². The topological polar surface area (TPSA) is 0 Å². The van der Waals surface area contributed by atoms with Crippen molar-refractivity contribution in [3.8, 4) is 0 Å². The van der Waals surface area contributed by atoms with Gasteiger partial charge in [-0.15, -0.1) is 25.3 Å². The van der Waals surface area contributed by atoms with E-state index < -0.39 is 12.9 Å². The van der Waals surface area contributed by atoms with E-state index in [1.807, 2.05) is 72.8 Å². The van der Waals surface area contributed by atoms with Gasteiger partial charge in [-0.25, -0.2) is 0 Å². The average molecular weight is 525 g/mol. The minimum atomic E-state index is -2.54. The number of benzene rings is 4. The zero-order chi connectivity index (χ0) is 22.6. The van der Waals surface area contributed by atoms with Gasteiger partial charge in [0.15, 0.2) is 5.06 Å². The molecule has 0 nitrogen and oxygen atoms in total. The predicted molar refractivity (Wildman–Crippen MR) is 158 cm³/mol. The van der Waals surface area contributed by atoms with Crippen LogP contribution in [-0.4, -0.2) is 0 Å². The van der Waals surface area contributed by atoms with E-state index >= 15 is 0 Å². The number of rotatable bonds is 6. The molecule has 0 bridgehead atoms. The van der Waals surface area contributed by atoms with Crippen molar-refractivity contribution in [1.29, 1.82) is 0 Å². The van der Waals surface area contributed by atoms with Gasteiger partial charge in [0.1, 0.15) is 4.24 Å². The molecule has 0 aromatic heterocycles. The first-order valence-electron chi connectivity index (χ1n) is 10.0. The molecule has 160 valence electrons. The molecule has 0 spiro atoms. The predicted octanol–water partition coefficient (Wildman–Crippen LogP) is 6.23. The molecule has 4 rings (SSSR count). The molecule has 32 heavy (non-hydrogen) atoms. The molecule has 0 aliphatic heterocycles. The lowest BCUT2D eigenvalue weighted by Gasteiger charge is -2.43. The van der Waals surface area contributed by atoms with E-state index in [0.717, 1.165) is 26.3 Å². The molecule has 4 aromatic carbocycles. The van der Waals surface area contributed by atoms with Crippen molar-refractivity contribution in [2.75, 3.05) is 0 Å². The highest BCUT2D eigenvalue weighted by Crippen LogP contribution is 2.80. The van der Waals surface area contributed by atoms with Crippen molar-refractivity contribution in [2.45, 2.75) is 0 Å². The minimum Gasteiger partial charge on any atom is -0.537 e. The molecular formula is C26H22P2S4. The first kappa shape index (κ1) is 24.0. The maximum absolute atomic E-state index is 6.70. The van der Waals surface area contributed by atoms with Crippen LogP contribution >= 0.6 is 38.2 Å². The van der Waals surface area contributed by atoms with Crippen LogP contribution in [0.5, 0.6) is 0 Å². The smallest absolute Gasteiger partial charge is 0.200 e. The van der Waals surface area contributed by atoms with Gasteiger partial charge < -0.3 is 24.5 Å². The van der Waals surface area contributed by atoms with Gasteiger partial charge in [-0.3, -0.25) is 0 Å². The third-order valence-corrected chi connectivity index (χ3v) is 18.4. The van der Waals surface area contributed by atoms with Crippen LogP contribution in [-0.2, 0) is 24.5 Å². The second-order valence-electron chi connectivity index (χ2n) is 7.21. The largest absolute Gasteiger partial charge is 0.537 e. The third kappa shape index (κ3) is 4.47. The van der Waals surface area contributed by atoms with E-state index in [9.17, 15) is 0 Å². The Bertz CT molecular complexity index is 1020. The van der Waals surface area contributed by atoms with E-state index in [1.54, 1.807) is 0 Å². The van der Waals surface area contributed by atoms with Crippen LogP contribution in [0.2, 0.25) is 0 Å². The van der Waals surface area contributed by atoms with Gasteiger partial charge in [-0.2, -0.15) is 0 Å². The fraction of sp³-hybridized carbons (Fsp3) is 0. The van der Waals surface area contributed by atoms with Gasteiger partial charge in [-0.05, 0) is 48.5 Å². The fourth-order valence-corrected chi connectivity index (χ4v) is 18.6. The highest BCUT2D eigenvalue weighted by molar-refractivity contribution is 8.61. The zero-order valence-corrected chi connectivity index (χ0v) is 22.4. The fourth-order valence-electron chi connectivity index (χ4n) is 3.82. The summed E-state index contributed by atoms with van der Waals surface area (Å²) in [5.41, 5.74) is 0. The average Bonchev–Trinajstić information content (AvgIpc) is 2.86. The Kier molecular flexibility index (Phi) is 7.83. The van der Waals surface area contributed by atoms with Crippen LogP contribution in [0.25, 0.3) is 0 Å². The summed E-state index contributed by atoms with van der Waals surface area (Å²) in [6.07, 6.45) is 0. The lowest BCUT2D eigenvalue weighted by Crippen LogP contribution is -2.29. The summed E-state index contributed by atoms with van der Waals surface area (Å²) >= 11 is 23.1. The van der Waals surface area contributed by atoms with Crippen LogP contribution in [0, 0.1) is 0 Å². The molecular weight excluding hydrogens is 503 g/mol. The van der Waals surface area contributed by atoms with E-state index in [4.69, 9.17) is 49.8 Å². The maximum atomic E-state index is 6.70. The minimum absolute atomic E-state index is 0.622. The summed E-state index contributed by atoms with van der Waals surface area (Å²) in [4.78, 5) is 0. The number of hydrogen-bond acceptors (Lipinski definition) is 4. The van der Waals surface area contributed by atoms with Crippen LogP contribution in [0.3, 0.4) is 0 Å². The molecule has 0 fully saturated rings. The van der Waals surface area contributed by atoms with Gasteiger partial charge in [0.25, 0.3) is 0 Å². The molecule has 0 aliphatic carbocycles. The Labute approximate surface area is 213 Å². The lowest BCUT2D eigenvalue weighted by molar-refractivity contribution is 1.74.